The number of nitrogens with two attached hydrogens (primary N) is 1. The molecule has 2 N–H and O–H groups in total. The Bertz CT molecular complexity index is 455. The Kier molecular flexibility index (Phi) is 4.68. The van der Waals surface area contributed by atoms with Gasteiger partial charge in [-0.2, -0.15) is 11.8 Å². The predicted octanol–water partition coefficient (Wildman–Crippen LogP) is 2.10. The molecule has 0 spiro atoms. The Hall–Kier alpha value is -0.680. The number of nitrogen functional groups attached to an aromatic ring is 1. The predicted molar refractivity (Wildman–Crippen MR) is 70.6 cm³/mol. The first-order valence-corrected chi connectivity index (χ1v) is 8.10. The van der Waals surface area contributed by atoms with E-state index in [2.05, 4.69) is 0 Å². The number of hydrogen-bond donors (Lipinski definition) is 1. The summed E-state index contributed by atoms with van der Waals surface area (Å²) >= 11 is 1.65. The molecule has 90 valence electrons. The molecule has 0 bridgehead atoms. The molecule has 0 fully saturated rings. The van der Waals surface area contributed by atoms with Crippen LogP contribution in [0.3, 0.4) is 0 Å². The molecule has 0 radical (unpaired) electrons. The van der Waals surface area contributed by atoms with Crippen LogP contribution in [0.4, 0.5) is 5.69 Å². The molecule has 0 atom stereocenters. The summed E-state index contributed by atoms with van der Waals surface area (Å²) in [6.07, 6.45) is 2.63. The highest BCUT2D eigenvalue weighted by atomic mass is 32.2. The van der Waals surface area contributed by atoms with Crippen molar-refractivity contribution in [2.45, 2.75) is 18.2 Å². The third kappa shape index (κ3) is 3.42. The largest absolute Gasteiger partial charge is 0.398 e. The fourth-order valence-corrected chi connectivity index (χ4v) is 3.57. The van der Waals surface area contributed by atoms with Gasteiger partial charge in [0.05, 0.1) is 16.3 Å². The van der Waals surface area contributed by atoms with Gasteiger partial charge < -0.3 is 5.73 Å². The van der Waals surface area contributed by atoms with Gasteiger partial charge in [0.1, 0.15) is 0 Å². The van der Waals surface area contributed by atoms with Crippen molar-refractivity contribution >= 4 is 27.3 Å². The van der Waals surface area contributed by atoms with Gasteiger partial charge in [0.15, 0.2) is 9.84 Å². The van der Waals surface area contributed by atoms with Crippen molar-refractivity contribution < 1.29 is 8.42 Å². The Balaban J connectivity index is 2.93. The zero-order chi connectivity index (χ0) is 12.2. The van der Waals surface area contributed by atoms with Gasteiger partial charge in [-0.3, -0.25) is 0 Å². The molecule has 0 aliphatic carbocycles. The lowest BCUT2D eigenvalue weighted by atomic mass is 10.2. The van der Waals surface area contributed by atoms with E-state index in [1.165, 1.54) is 0 Å². The van der Waals surface area contributed by atoms with Gasteiger partial charge in [-0.05, 0) is 43.0 Å². The van der Waals surface area contributed by atoms with Crippen LogP contribution in [0.25, 0.3) is 0 Å². The smallest absolute Gasteiger partial charge is 0.180 e. The molecule has 0 saturated carbocycles. The number of anilines is 1. The van der Waals surface area contributed by atoms with Gasteiger partial charge in [-0.1, -0.05) is 6.07 Å². The van der Waals surface area contributed by atoms with Crippen LogP contribution in [0.15, 0.2) is 23.1 Å². The Labute approximate surface area is 101 Å². The van der Waals surface area contributed by atoms with Crippen molar-refractivity contribution in [3.05, 3.63) is 23.8 Å². The maximum Gasteiger partial charge on any atom is 0.180 e. The molecule has 0 aliphatic rings. The first kappa shape index (κ1) is 13.4. The number of sulfone groups is 1. The molecule has 1 rings (SSSR count). The zero-order valence-corrected chi connectivity index (χ0v) is 11.2. The lowest BCUT2D eigenvalue weighted by Gasteiger charge is -2.08. The van der Waals surface area contributed by atoms with Crippen LogP contribution in [0.2, 0.25) is 0 Å². The van der Waals surface area contributed by atoms with Crippen LogP contribution in [0.1, 0.15) is 12.0 Å². The molecule has 0 unspecified atom stereocenters. The van der Waals surface area contributed by atoms with E-state index in [0.29, 0.717) is 12.1 Å². The minimum absolute atomic E-state index is 0.168. The van der Waals surface area contributed by atoms with Crippen LogP contribution in [-0.4, -0.2) is 26.2 Å². The molecule has 5 heteroatoms. The van der Waals surface area contributed by atoms with Crippen LogP contribution in [0, 0.1) is 6.92 Å². The van der Waals surface area contributed by atoms with Crippen LogP contribution < -0.4 is 5.73 Å². The molecular weight excluding hydrogens is 242 g/mol. The summed E-state index contributed by atoms with van der Waals surface area (Å²) in [5, 5.41) is 0. The van der Waals surface area contributed by atoms with Crippen LogP contribution in [0.5, 0.6) is 0 Å². The van der Waals surface area contributed by atoms with Crippen molar-refractivity contribution in [1.82, 2.24) is 0 Å². The summed E-state index contributed by atoms with van der Waals surface area (Å²) < 4.78 is 24.0. The van der Waals surface area contributed by atoms with E-state index in [-0.39, 0.29) is 10.6 Å². The standard InChI is InChI=1S/C11H17NO2S2/c1-9-4-5-10(12)11(8-9)16(13,14)7-3-6-15-2/h4-5,8H,3,6-7,12H2,1-2H3. The van der Waals surface area contributed by atoms with E-state index >= 15 is 0 Å². The van der Waals surface area contributed by atoms with E-state index in [1.807, 2.05) is 19.2 Å². The molecular formula is C11H17NO2S2. The maximum atomic E-state index is 12.0. The second-order valence-electron chi connectivity index (χ2n) is 3.71. The highest BCUT2D eigenvalue weighted by molar-refractivity contribution is 7.98. The Morgan fingerprint density at radius 3 is 2.69 bits per heavy atom. The molecule has 0 aliphatic heterocycles. The van der Waals surface area contributed by atoms with Gasteiger partial charge in [-0.15, -0.1) is 0 Å². The fourth-order valence-electron chi connectivity index (χ4n) is 1.41. The van der Waals surface area contributed by atoms with Gasteiger partial charge in [0, 0.05) is 0 Å². The molecule has 0 aromatic heterocycles. The van der Waals surface area contributed by atoms with Crippen molar-refractivity contribution in [3.63, 3.8) is 0 Å². The van der Waals surface area contributed by atoms with Crippen molar-refractivity contribution in [3.8, 4) is 0 Å². The number of rotatable bonds is 5. The molecule has 0 heterocycles. The average molecular weight is 259 g/mol. The summed E-state index contributed by atoms with van der Waals surface area (Å²) in [6.45, 7) is 1.86. The quantitative estimate of drug-likeness (QED) is 0.650. The molecule has 1 aromatic carbocycles. The summed E-state index contributed by atoms with van der Waals surface area (Å²) in [5.74, 6) is 1.02. The Morgan fingerprint density at radius 1 is 1.38 bits per heavy atom. The molecule has 16 heavy (non-hydrogen) atoms. The van der Waals surface area contributed by atoms with Crippen molar-refractivity contribution in [2.24, 2.45) is 0 Å². The third-order valence-corrected chi connectivity index (χ3v) is 4.81. The maximum absolute atomic E-state index is 12.0. The first-order chi connectivity index (χ1) is 7.47. The number of hydrogen-bond acceptors (Lipinski definition) is 4. The number of benzene rings is 1. The van der Waals surface area contributed by atoms with Gasteiger partial charge in [0.25, 0.3) is 0 Å². The minimum Gasteiger partial charge on any atom is -0.398 e. The monoisotopic (exact) mass is 259 g/mol. The molecule has 1 aromatic rings. The van der Waals surface area contributed by atoms with Crippen molar-refractivity contribution in [1.29, 1.82) is 0 Å². The van der Waals surface area contributed by atoms with E-state index in [1.54, 1.807) is 23.9 Å². The lowest BCUT2D eigenvalue weighted by molar-refractivity contribution is 0.595. The van der Waals surface area contributed by atoms with E-state index in [9.17, 15) is 8.42 Å². The lowest BCUT2D eigenvalue weighted by Crippen LogP contribution is -2.10. The normalized spacial score (nSPS) is 11.6. The topological polar surface area (TPSA) is 60.2 Å². The van der Waals surface area contributed by atoms with Crippen LogP contribution in [-0.2, 0) is 9.84 Å². The number of thioether (sulfide) groups is 1. The zero-order valence-electron chi connectivity index (χ0n) is 9.56. The third-order valence-electron chi connectivity index (χ3n) is 2.27. The van der Waals surface area contributed by atoms with Gasteiger partial charge in [0.2, 0.25) is 0 Å². The second kappa shape index (κ2) is 5.59. The van der Waals surface area contributed by atoms with E-state index in [4.69, 9.17) is 5.73 Å². The molecule has 0 amide bonds. The van der Waals surface area contributed by atoms with Crippen molar-refractivity contribution in [2.75, 3.05) is 23.5 Å². The average Bonchev–Trinajstić information content (AvgIpc) is 2.22. The van der Waals surface area contributed by atoms with E-state index < -0.39 is 9.84 Å². The Morgan fingerprint density at radius 2 is 2.06 bits per heavy atom. The summed E-state index contributed by atoms with van der Waals surface area (Å²) in [7, 11) is -3.22. The highest BCUT2D eigenvalue weighted by Crippen LogP contribution is 2.21. The van der Waals surface area contributed by atoms with E-state index in [0.717, 1.165) is 11.3 Å². The SMILES string of the molecule is CSCCCS(=O)(=O)c1cc(C)ccc1N. The molecule has 3 nitrogen and oxygen atoms in total. The second-order valence-corrected chi connectivity index (χ2v) is 6.77. The van der Waals surface area contributed by atoms with Gasteiger partial charge in [-0.25, -0.2) is 8.42 Å². The number of aryl methyl sites for hydroxylation is 1. The summed E-state index contributed by atoms with van der Waals surface area (Å²) in [5.41, 5.74) is 6.95. The highest BCUT2D eigenvalue weighted by Gasteiger charge is 2.17. The minimum atomic E-state index is -3.22. The van der Waals surface area contributed by atoms with Gasteiger partial charge >= 0.3 is 0 Å². The fraction of sp³-hybridized carbons (Fsp3) is 0.455. The first-order valence-electron chi connectivity index (χ1n) is 5.05. The summed E-state index contributed by atoms with van der Waals surface area (Å²) in [6, 6.07) is 5.11. The summed E-state index contributed by atoms with van der Waals surface area (Å²) in [4.78, 5) is 0.272. The molecule has 0 saturated heterocycles. The van der Waals surface area contributed by atoms with Crippen LogP contribution >= 0.6 is 11.8 Å².